The molecular formula is C25H27NO4. The van der Waals surface area contributed by atoms with E-state index in [-0.39, 0.29) is 12.5 Å². The normalized spacial score (nSPS) is 17.2. The fraction of sp³-hybridized carbons (Fsp3) is 0.320. The number of nitrogens with zero attached hydrogens (tertiary/aromatic N) is 1. The average molecular weight is 405 g/mol. The minimum Gasteiger partial charge on any atom is -0.489 e. The topological polar surface area (TPSA) is 59.0 Å². The molecule has 0 amide bonds. The molecule has 1 aliphatic rings. The number of carboxylic acid groups (broad SMARTS) is 1. The van der Waals surface area contributed by atoms with E-state index in [1.54, 1.807) is 0 Å². The highest BCUT2D eigenvalue weighted by Gasteiger charge is 2.23. The Balaban J connectivity index is 1.39. The molecule has 30 heavy (non-hydrogen) atoms. The van der Waals surface area contributed by atoms with Crippen molar-refractivity contribution in [1.29, 1.82) is 0 Å². The number of ether oxygens (including phenoxy) is 2. The summed E-state index contributed by atoms with van der Waals surface area (Å²) in [6.45, 7) is 5.25. The number of aryl methyl sites for hydroxylation is 1. The lowest BCUT2D eigenvalue weighted by Crippen LogP contribution is -2.39. The van der Waals surface area contributed by atoms with Gasteiger partial charge in [-0.2, -0.15) is 0 Å². The molecule has 4 rings (SSSR count). The van der Waals surface area contributed by atoms with Gasteiger partial charge in [-0.25, -0.2) is 0 Å². The second kappa shape index (κ2) is 9.28. The number of aliphatic carboxylic acids is 1. The molecule has 3 aromatic rings. The summed E-state index contributed by atoms with van der Waals surface area (Å²) in [6.07, 6.45) is 0.120. The van der Waals surface area contributed by atoms with E-state index < -0.39 is 5.97 Å². The molecular weight excluding hydrogens is 378 g/mol. The molecule has 5 nitrogen and oxygen atoms in total. The van der Waals surface area contributed by atoms with Crippen LogP contribution in [0.2, 0.25) is 0 Å². The third-order valence-electron chi connectivity index (χ3n) is 5.60. The van der Waals surface area contributed by atoms with Gasteiger partial charge >= 0.3 is 5.97 Å². The molecule has 0 aromatic heterocycles. The maximum Gasteiger partial charge on any atom is 0.304 e. The Morgan fingerprint density at radius 1 is 1.13 bits per heavy atom. The SMILES string of the molecule is Cc1cc(OCc2ccc3ccccc3c2)ccc1C1CN(CCC(=O)O)CCO1. The highest BCUT2D eigenvalue weighted by Crippen LogP contribution is 2.28. The number of fused-ring (bicyclic) bond motifs is 1. The first-order valence-electron chi connectivity index (χ1n) is 10.4. The molecule has 1 N–H and O–H groups in total. The number of hydrogen-bond donors (Lipinski definition) is 1. The third-order valence-corrected chi connectivity index (χ3v) is 5.60. The Morgan fingerprint density at radius 3 is 2.77 bits per heavy atom. The third kappa shape index (κ3) is 4.99. The largest absolute Gasteiger partial charge is 0.489 e. The van der Waals surface area contributed by atoms with E-state index in [0.29, 0.717) is 26.3 Å². The van der Waals surface area contributed by atoms with Gasteiger partial charge in [0.15, 0.2) is 0 Å². The second-order valence-electron chi connectivity index (χ2n) is 7.79. The smallest absolute Gasteiger partial charge is 0.304 e. The molecule has 0 saturated carbocycles. The van der Waals surface area contributed by atoms with Crippen LogP contribution in [0.5, 0.6) is 5.75 Å². The lowest BCUT2D eigenvalue weighted by molar-refractivity contribution is -0.137. The molecule has 0 aliphatic carbocycles. The molecule has 1 fully saturated rings. The second-order valence-corrected chi connectivity index (χ2v) is 7.79. The molecule has 5 heteroatoms. The molecule has 0 bridgehead atoms. The number of benzene rings is 3. The van der Waals surface area contributed by atoms with Crippen LogP contribution in [0.15, 0.2) is 60.7 Å². The number of carbonyl (C=O) groups is 1. The van der Waals surface area contributed by atoms with Gasteiger partial charge in [-0.05, 0) is 52.6 Å². The zero-order chi connectivity index (χ0) is 20.9. The van der Waals surface area contributed by atoms with E-state index in [2.05, 4.69) is 54.3 Å². The number of hydrogen-bond acceptors (Lipinski definition) is 4. The Morgan fingerprint density at radius 2 is 1.97 bits per heavy atom. The Labute approximate surface area is 176 Å². The maximum atomic E-state index is 10.8. The first kappa shape index (κ1) is 20.4. The van der Waals surface area contributed by atoms with Gasteiger partial charge < -0.3 is 14.6 Å². The van der Waals surface area contributed by atoms with E-state index >= 15 is 0 Å². The molecule has 1 aliphatic heterocycles. The lowest BCUT2D eigenvalue weighted by atomic mass is 10.0. The van der Waals surface area contributed by atoms with Crippen molar-refractivity contribution in [3.05, 3.63) is 77.4 Å². The molecule has 0 spiro atoms. The van der Waals surface area contributed by atoms with Crippen molar-refractivity contribution in [2.45, 2.75) is 26.1 Å². The van der Waals surface area contributed by atoms with E-state index in [0.717, 1.165) is 29.0 Å². The Kier molecular flexibility index (Phi) is 6.31. The van der Waals surface area contributed by atoms with Gasteiger partial charge in [0.05, 0.1) is 19.1 Å². The van der Waals surface area contributed by atoms with E-state index in [1.807, 2.05) is 18.2 Å². The monoisotopic (exact) mass is 405 g/mol. The molecule has 1 heterocycles. The van der Waals surface area contributed by atoms with Crippen LogP contribution in [0.4, 0.5) is 0 Å². The van der Waals surface area contributed by atoms with Gasteiger partial charge in [0.1, 0.15) is 12.4 Å². The van der Waals surface area contributed by atoms with Crippen molar-refractivity contribution >= 4 is 16.7 Å². The minimum absolute atomic E-state index is 0.0397. The lowest BCUT2D eigenvalue weighted by Gasteiger charge is -2.33. The first-order valence-corrected chi connectivity index (χ1v) is 10.4. The fourth-order valence-electron chi connectivity index (χ4n) is 3.94. The van der Waals surface area contributed by atoms with Crippen molar-refractivity contribution in [3.63, 3.8) is 0 Å². The highest BCUT2D eigenvalue weighted by molar-refractivity contribution is 5.82. The van der Waals surface area contributed by atoms with Gasteiger partial charge in [-0.3, -0.25) is 9.69 Å². The van der Waals surface area contributed by atoms with E-state index in [1.165, 1.54) is 10.8 Å². The van der Waals surface area contributed by atoms with Crippen LogP contribution in [0.25, 0.3) is 10.8 Å². The Bertz CT molecular complexity index is 1030. The molecule has 3 aromatic carbocycles. The molecule has 1 atom stereocenters. The van der Waals surface area contributed by atoms with Gasteiger partial charge in [-0.15, -0.1) is 0 Å². The van der Waals surface area contributed by atoms with Crippen LogP contribution in [0.3, 0.4) is 0 Å². The summed E-state index contributed by atoms with van der Waals surface area (Å²) < 4.78 is 12.0. The summed E-state index contributed by atoms with van der Waals surface area (Å²) in [5.41, 5.74) is 3.39. The Hall–Kier alpha value is -2.89. The summed E-state index contributed by atoms with van der Waals surface area (Å²) >= 11 is 0. The van der Waals surface area contributed by atoms with Gasteiger partial charge in [0.25, 0.3) is 0 Å². The molecule has 0 radical (unpaired) electrons. The minimum atomic E-state index is -0.762. The number of rotatable bonds is 7. The van der Waals surface area contributed by atoms with Crippen LogP contribution >= 0.6 is 0 Å². The molecule has 1 saturated heterocycles. The van der Waals surface area contributed by atoms with Crippen molar-refractivity contribution in [3.8, 4) is 5.75 Å². The predicted octanol–water partition coefficient (Wildman–Crippen LogP) is 4.58. The molecule has 156 valence electrons. The van der Waals surface area contributed by atoms with Gasteiger partial charge in [-0.1, -0.05) is 42.5 Å². The zero-order valence-corrected chi connectivity index (χ0v) is 17.2. The van der Waals surface area contributed by atoms with Crippen molar-refractivity contribution in [2.75, 3.05) is 26.2 Å². The van der Waals surface area contributed by atoms with Crippen LogP contribution in [0.1, 0.15) is 29.2 Å². The fourth-order valence-corrected chi connectivity index (χ4v) is 3.94. The summed E-state index contributed by atoms with van der Waals surface area (Å²) in [7, 11) is 0. The van der Waals surface area contributed by atoms with Crippen LogP contribution in [-0.4, -0.2) is 42.2 Å². The molecule has 1 unspecified atom stereocenters. The van der Waals surface area contributed by atoms with Gasteiger partial charge in [0, 0.05) is 19.6 Å². The van der Waals surface area contributed by atoms with E-state index in [9.17, 15) is 4.79 Å². The number of carboxylic acids is 1. The van der Waals surface area contributed by atoms with Crippen molar-refractivity contribution < 1.29 is 19.4 Å². The standard InChI is InChI=1S/C25H27NO4/c1-18-14-22(30-17-19-6-7-20-4-2-3-5-21(20)15-19)8-9-23(18)24-16-26(12-13-29-24)11-10-25(27)28/h2-9,14-15,24H,10-13,16-17H2,1H3,(H,27,28). The van der Waals surface area contributed by atoms with E-state index in [4.69, 9.17) is 14.6 Å². The van der Waals surface area contributed by atoms with Gasteiger partial charge in [0.2, 0.25) is 0 Å². The quantitative estimate of drug-likeness (QED) is 0.624. The summed E-state index contributed by atoms with van der Waals surface area (Å²) in [6, 6.07) is 20.8. The van der Waals surface area contributed by atoms with Crippen LogP contribution in [0, 0.1) is 6.92 Å². The van der Waals surface area contributed by atoms with Crippen molar-refractivity contribution in [2.24, 2.45) is 0 Å². The first-order chi connectivity index (χ1) is 14.6. The number of morpholine rings is 1. The van der Waals surface area contributed by atoms with Crippen molar-refractivity contribution in [1.82, 2.24) is 4.90 Å². The zero-order valence-electron chi connectivity index (χ0n) is 17.2. The summed E-state index contributed by atoms with van der Waals surface area (Å²) in [4.78, 5) is 13.0. The average Bonchev–Trinajstić information content (AvgIpc) is 2.76. The predicted molar refractivity (Wildman–Crippen MR) is 117 cm³/mol. The highest BCUT2D eigenvalue weighted by atomic mass is 16.5. The van der Waals surface area contributed by atoms with Crippen LogP contribution in [-0.2, 0) is 16.1 Å². The summed E-state index contributed by atoms with van der Waals surface area (Å²) in [5, 5.41) is 11.4. The summed E-state index contributed by atoms with van der Waals surface area (Å²) in [5.74, 6) is 0.0742. The van der Waals surface area contributed by atoms with Crippen LogP contribution < -0.4 is 4.74 Å². The maximum absolute atomic E-state index is 10.8.